The highest BCUT2D eigenvalue weighted by Gasteiger charge is 2.18. The predicted molar refractivity (Wildman–Crippen MR) is 74.5 cm³/mol. The lowest BCUT2D eigenvalue weighted by molar-refractivity contribution is 0.228. The first kappa shape index (κ1) is 13.5. The van der Waals surface area contributed by atoms with Gasteiger partial charge in [0.1, 0.15) is 0 Å². The monoisotopic (exact) mass is 248 g/mol. The van der Waals surface area contributed by atoms with Crippen LogP contribution in [0.5, 0.6) is 0 Å². The summed E-state index contributed by atoms with van der Waals surface area (Å²) >= 11 is 0. The van der Waals surface area contributed by atoms with Gasteiger partial charge in [-0.25, -0.2) is 0 Å². The van der Waals surface area contributed by atoms with Crippen molar-refractivity contribution in [3.05, 3.63) is 35.9 Å². The molecule has 2 N–H and O–H groups in total. The second kappa shape index (κ2) is 6.88. The van der Waals surface area contributed by atoms with Crippen LogP contribution < -0.4 is 5.32 Å². The Morgan fingerprint density at radius 1 is 1.28 bits per heavy atom. The number of nitrogens with zero attached hydrogens (tertiary/aromatic N) is 1. The summed E-state index contributed by atoms with van der Waals surface area (Å²) in [5.74, 6) is 0. The highest BCUT2D eigenvalue weighted by Crippen LogP contribution is 2.17. The molecule has 2 rings (SSSR count). The van der Waals surface area contributed by atoms with E-state index in [-0.39, 0.29) is 12.6 Å². The summed E-state index contributed by atoms with van der Waals surface area (Å²) in [5, 5.41) is 13.2. The fraction of sp³-hybridized carbons (Fsp3) is 0.600. The maximum atomic E-state index is 9.56. The summed E-state index contributed by atoms with van der Waals surface area (Å²) in [6.45, 7) is 2.49. The Balaban J connectivity index is 1.94. The molecule has 1 heterocycles. The smallest absolute Gasteiger partial charge is 0.0626 e. The van der Waals surface area contributed by atoms with Crippen LogP contribution in [0.1, 0.15) is 30.9 Å². The van der Waals surface area contributed by atoms with E-state index in [1.165, 1.54) is 31.4 Å². The molecule has 0 aliphatic carbocycles. The van der Waals surface area contributed by atoms with Gasteiger partial charge in [-0.1, -0.05) is 30.3 Å². The van der Waals surface area contributed by atoms with Crippen molar-refractivity contribution >= 4 is 0 Å². The molecule has 1 fully saturated rings. The van der Waals surface area contributed by atoms with E-state index < -0.39 is 0 Å². The van der Waals surface area contributed by atoms with Gasteiger partial charge in [0.15, 0.2) is 0 Å². The molecule has 0 saturated carbocycles. The number of nitrogens with one attached hydrogen (secondary N) is 1. The molecular formula is C15H24N2O. The summed E-state index contributed by atoms with van der Waals surface area (Å²) in [5.41, 5.74) is 1.18. The average molecular weight is 248 g/mol. The number of hydrogen-bond acceptors (Lipinski definition) is 3. The number of likely N-dealkylation sites (tertiary alicyclic amines) is 1. The van der Waals surface area contributed by atoms with Gasteiger partial charge in [-0.3, -0.25) is 0 Å². The average Bonchev–Trinajstić information content (AvgIpc) is 2.62. The molecule has 0 bridgehead atoms. The minimum atomic E-state index is 0.0691. The normalized spacial score (nSPS) is 23.6. The molecule has 0 radical (unpaired) electrons. The van der Waals surface area contributed by atoms with E-state index in [1.807, 2.05) is 18.2 Å². The number of aliphatic hydroxyl groups excluding tert-OH is 1. The van der Waals surface area contributed by atoms with E-state index in [4.69, 9.17) is 0 Å². The maximum Gasteiger partial charge on any atom is 0.0626 e. The first-order valence-electron chi connectivity index (χ1n) is 6.90. The lowest BCUT2D eigenvalue weighted by Crippen LogP contribution is -2.35. The van der Waals surface area contributed by atoms with Crippen LogP contribution in [0.15, 0.2) is 30.3 Å². The predicted octanol–water partition coefficient (Wildman–Crippen LogP) is 1.79. The molecule has 1 saturated heterocycles. The SMILES string of the molecule is CN1CCCC(NC(CO)c2ccccc2)CC1. The lowest BCUT2D eigenvalue weighted by Gasteiger charge is -2.24. The number of hydrogen-bond donors (Lipinski definition) is 2. The van der Waals surface area contributed by atoms with Crippen molar-refractivity contribution in [2.75, 3.05) is 26.7 Å². The fourth-order valence-corrected chi connectivity index (χ4v) is 2.63. The van der Waals surface area contributed by atoms with Gasteiger partial charge < -0.3 is 15.3 Å². The molecule has 0 amide bonds. The zero-order valence-electron chi connectivity index (χ0n) is 11.2. The first-order valence-corrected chi connectivity index (χ1v) is 6.90. The van der Waals surface area contributed by atoms with Crippen LogP contribution in [-0.4, -0.2) is 42.8 Å². The number of benzene rings is 1. The third kappa shape index (κ3) is 3.80. The molecule has 1 aliphatic heterocycles. The van der Waals surface area contributed by atoms with E-state index in [2.05, 4.69) is 29.4 Å². The van der Waals surface area contributed by atoms with Crippen molar-refractivity contribution in [2.45, 2.75) is 31.3 Å². The highest BCUT2D eigenvalue weighted by atomic mass is 16.3. The molecule has 100 valence electrons. The highest BCUT2D eigenvalue weighted by molar-refractivity contribution is 5.19. The largest absolute Gasteiger partial charge is 0.394 e. The van der Waals surface area contributed by atoms with E-state index in [9.17, 15) is 5.11 Å². The van der Waals surface area contributed by atoms with Crippen molar-refractivity contribution in [1.29, 1.82) is 0 Å². The summed E-state index contributed by atoms with van der Waals surface area (Å²) in [6, 6.07) is 10.8. The third-order valence-electron chi connectivity index (χ3n) is 3.77. The van der Waals surface area contributed by atoms with Crippen LogP contribution >= 0.6 is 0 Å². The molecule has 18 heavy (non-hydrogen) atoms. The molecule has 2 unspecified atom stereocenters. The Hall–Kier alpha value is -0.900. The maximum absolute atomic E-state index is 9.56. The van der Waals surface area contributed by atoms with Gasteiger partial charge in [-0.2, -0.15) is 0 Å². The van der Waals surface area contributed by atoms with E-state index in [1.54, 1.807) is 0 Å². The van der Waals surface area contributed by atoms with Gasteiger partial charge in [0.2, 0.25) is 0 Å². The van der Waals surface area contributed by atoms with Crippen molar-refractivity contribution in [2.24, 2.45) is 0 Å². The molecule has 0 aromatic heterocycles. The van der Waals surface area contributed by atoms with Gasteiger partial charge in [0.25, 0.3) is 0 Å². The van der Waals surface area contributed by atoms with Crippen LogP contribution in [-0.2, 0) is 0 Å². The zero-order chi connectivity index (χ0) is 12.8. The number of rotatable bonds is 4. The molecule has 1 aliphatic rings. The van der Waals surface area contributed by atoms with Crippen molar-refractivity contribution in [1.82, 2.24) is 10.2 Å². The Morgan fingerprint density at radius 3 is 2.78 bits per heavy atom. The van der Waals surface area contributed by atoms with E-state index in [0.717, 1.165) is 6.54 Å². The molecule has 3 heteroatoms. The lowest BCUT2D eigenvalue weighted by atomic mass is 10.0. The van der Waals surface area contributed by atoms with Gasteiger partial charge in [0.05, 0.1) is 12.6 Å². The van der Waals surface area contributed by atoms with Crippen LogP contribution in [0.4, 0.5) is 0 Å². The summed E-state index contributed by atoms with van der Waals surface area (Å²) in [7, 11) is 2.18. The van der Waals surface area contributed by atoms with Crippen LogP contribution in [0.25, 0.3) is 0 Å². The minimum absolute atomic E-state index is 0.0691. The van der Waals surface area contributed by atoms with Gasteiger partial charge in [-0.05, 0) is 45.0 Å². The van der Waals surface area contributed by atoms with Crippen molar-refractivity contribution in [3.8, 4) is 0 Å². The summed E-state index contributed by atoms with van der Waals surface area (Å²) in [4.78, 5) is 2.39. The van der Waals surface area contributed by atoms with E-state index >= 15 is 0 Å². The van der Waals surface area contributed by atoms with Crippen molar-refractivity contribution in [3.63, 3.8) is 0 Å². The molecular weight excluding hydrogens is 224 g/mol. The Morgan fingerprint density at radius 2 is 2.06 bits per heavy atom. The minimum Gasteiger partial charge on any atom is -0.394 e. The Kier molecular flexibility index (Phi) is 5.17. The summed E-state index contributed by atoms with van der Waals surface area (Å²) in [6.07, 6.45) is 3.61. The third-order valence-corrected chi connectivity index (χ3v) is 3.77. The van der Waals surface area contributed by atoms with Crippen LogP contribution in [0.2, 0.25) is 0 Å². The Labute approximate surface area is 110 Å². The zero-order valence-corrected chi connectivity index (χ0v) is 11.2. The standard InChI is InChI=1S/C15H24N2O/c1-17-10-5-8-14(9-11-17)16-15(12-18)13-6-3-2-4-7-13/h2-4,6-7,14-16,18H,5,8-12H2,1H3. The van der Waals surface area contributed by atoms with Gasteiger partial charge >= 0.3 is 0 Å². The van der Waals surface area contributed by atoms with Crippen LogP contribution in [0.3, 0.4) is 0 Å². The second-order valence-corrected chi connectivity index (χ2v) is 5.24. The molecule has 1 aromatic rings. The van der Waals surface area contributed by atoms with Crippen molar-refractivity contribution < 1.29 is 5.11 Å². The topological polar surface area (TPSA) is 35.5 Å². The quantitative estimate of drug-likeness (QED) is 0.853. The molecule has 2 atom stereocenters. The fourth-order valence-electron chi connectivity index (χ4n) is 2.63. The molecule has 3 nitrogen and oxygen atoms in total. The van der Waals surface area contributed by atoms with E-state index in [0.29, 0.717) is 6.04 Å². The summed E-state index contributed by atoms with van der Waals surface area (Å²) < 4.78 is 0. The second-order valence-electron chi connectivity index (χ2n) is 5.24. The van der Waals surface area contributed by atoms with Gasteiger partial charge in [-0.15, -0.1) is 0 Å². The number of aliphatic hydroxyl groups is 1. The van der Waals surface area contributed by atoms with Crippen LogP contribution in [0, 0.1) is 0 Å². The first-order chi connectivity index (χ1) is 8.79. The molecule has 0 spiro atoms. The molecule has 1 aromatic carbocycles. The van der Waals surface area contributed by atoms with Gasteiger partial charge in [0, 0.05) is 6.04 Å². The Bertz CT molecular complexity index is 342.